The quantitative estimate of drug-likeness (QED) is 0.801. The average molecular weight is 339 g/mol. The number of hydrogen-bond acceptors (Lipinski definition) is 5. The Bertz CT molecular complexity index is 847. The summed E-state index contributed by atoms with van der Waals surface area (Å²) in [6.45, 7) is 2.93. The summed E-state index contributed by atoms with van der Waals surface area (Å²) in [7, 11) is 0. The van der Waals surface area contributed by atoms with E-state index in [1.807, 2.05) is 31.2 Å². The molecule has 2 aliphatic heterocycles. The van der Waals surface area contributed by atoms with Crippen molar-refractivity contribution in [3.63, 3.8) is 0 Å². The maximum Gasteiger partial charge on any atom is 0.299 e. The molecule has 0 saturated carbocycles. The fourth-order valence-electron chi connectivity index (χ4n) is 3.07. The largest absolute Gasteiger partial charge is 0.494 e. The first-order valence-electron chi connectivity index (χ1n) is 8.19. The maximum absolute atomic E-state index is 12.4. The smallest absolute Gasteiger partial charge is 0.299 e. The number of carbonyl (C=O) groups is 2. The topological polar surface area (TPSA) is 65.1 Å². The van der Waals surface area contributed by atoms with Crippen molar-refractivity contribution in [2.45, 2.75) is 13.0 Å². The summed E-state index contributed by atoms with van der Waals surface area (Å²) < 4.78 is 17.0. The number of Topliss-reactive ketones (excluding diaryl/α,β-unsaturated/α-hetero) is 1. The molecule has 2 heterocycles. The van der Waals surface area contributed by atoms with Crippen LogP contribution in [0.2, 0.25) is 0 Å². The first-order chi connectivity index (χ1) is 12.2. The number of ether oxygens (including phenoxy) is 3. The SMILES string of the molecule is CCOc1ccc2c(c1)C(=O)C(=O)N2C[C@H]1COc2ccccc2O1. The van der Waals surface area contributed by atoms with Gasteiger partial charge in [-0.15, -0.1) is 0 Å². The van der Waals surface area contributed by atoms with E-state index < -0.39 is 11.7 Å². The number of carbonyl (C=O) groups excluding carboxylic acids is 2. The minimum Gasteiger partial charge on any atom is -0.494 e. The number of ketones is 1. The zero-order valence-electron chi connectivity index (χ0n) is 13.7. The van der Waals surface area contributed by atoms with Gasteiger partial charge in [0.25, 0.3) is 11.7 Å². The van der Waals surface area contributed by atoms with Crippen LogP contribution in [0.25, 0.3) is 0 Å². The fraction of sp³-hybridized carbons (Fsp3) is 0.263. The van der Waals surface area contributed by atoms with E-state index in [9.17, 15) is 9.59 Å². The Balaban J connectivity index is 1.56. The number of rotatable bonds is 4. The lowest BCUT2D eigenvalue weighted by atomic mass is 10.1. The highest BCUT2D eigenvalue weighted by molar-refractivity contribution is 6.52. The van der Waals surface area contributed by atoms with Gasteiger partial charge in [0.15, 0.2) is 17.6 Å². The number of benzene rings is 2. The van der Waals surface area contributed by atoms with Crippen LogP contribution in [0.4, 0.5) is 5.69 Å². The summed E-state index contributed by atoms with van der Waals surface area (Å²) in [6.07, 6.45) is -0.343. The molecule has 0 aromatic heterocycles. The molecule has 1 amide bonds. The first kappa shape index (κ1) is 15.5. The third kappa shape index (κ3) is 2.69. The van der Waals surface area contributed by atoms with E-state index in [-0.39, 0.29) is 12.6 Å². The molecule has 0 radical (unpaired) electrons. The van der Waals surface area contributed by atoms with Crippen molar-refractivity contribution in [1.29, 1.82) is 0 Å². The molecule has 4 rings (SSSR count). The van der Waals surface area contributed by atoms with E-state index in [1.165, 1.54) is 4.90 Å². The van der Waals surface area contributed by atoms with Crippen LogP contribution in [0.15, 0.2) is 42.5 Å². The molecule has 0 spiro atoms. The van der Waals surface area contributed by atoms with Gasteiger partial charge < -0.3 is 19.1 Å². The van der Waals surface area contributed by atoms with Gasteiger partial charge in [0.2, 0.25) is 0 Å². The van der Waals surface area contributed by atoms with E-state index in [4.69, 9.17) is 14.2 Å². The molecule has 128 valence electrons. The average Bonchev–Trinajstić information content (AvgIpc) is 2.87. The lowest BCUT2D eigenvalue weighted by Gasteiger charge is -2.29. The van der Waals surface area contributed by atoms with Crippen LogP contribution in [-0.2, 0) is 4.79 Å². The van der Waals surface area contributed by atoms with E-state index in [0.717, 1.165) is 0 Å². The molecule has 2 aromatic carbocycles. The van der Waals surface area contributed by atoms with Crippen molar-refractivity contribution in [2.75, 3.05) is 24.7 Å². The Morgan fingerprint density at radius 1 is 1.16 bits per heavy atom. The molecule has 2 aliphatic rings. The molecule has 1 atom stereocenters. The van der Waals surface area contributed by atoms with Crippen molar-refractivity contribution in [1.82, 2.24) is 0 Å². The molecule has 0 fully saturated rings. The zero-order chi connectivity index (χ0) is 17.4. The van der Waals surface area contributed by atoms with Crippen LogP contribution >= 0.6 is 0 Å². The molecular formula is C19H17NO5. The lowest BCUT2D eigenvalue weighted by molar-refractivity contribution is -0.114. The second-order valence-electron chi connectivity index (χ2n) is 5.85. The Hall–Kier alpha value is -3.02. The van der Waals surface area contributed by atoms with Crippen molar-refractivity contribution >= 4 is 17.4 Å². The van der Waals surface area contributed by atoms with Gasteiger partial charge in [-0.05, 0) is 37.3 Å². The number of nitrogens with zero attached hydrogens (tertiary/aromatic N) is 1. The lowest BCUT2D eigenvalue weighted by Crippen LogP contribution is -2.43. The highest BCUT2D eigenvalue weighted by Gasteiger charge is 2.38. The summed E-state index contributed by atoms with van der Waals surface area (Å²) in [6, 6.07) is 12.5. The third-order valence-electron chi connectivity index (χ3n) is 4.21. The number of fused-ring (bicyclic) bond motifs is 2. The minimum absolute atomic E-state index is 0.250. The zero-order valence-corrected chi connectivity index (χ0v) is 13.7. The van der Waals surface area contributed by atoms with Gasteiger partial charge in [0.1, 0.15) is 12.4 Å². The van der Waals surface area contributed by atoms with Crippen LogP contribution in [0, 0.1) is 0 Å². The molecular weight excluding hydrogens is 322 g/mol. The maximum atomic E-state index is 12.4. The molecule has 6 heteroatoms. The molecule has 0 aliphatic carbocycles. The predicted molar refractivity (Wildman–Crippen MR) is 90.6 cm³/mol. The predicted octanol–water partition coefficient (Wildman–Crippen LogP) is 2.45. The Morgan fingerprint density at radius 3 is 2.76 bits per heavy atom. The summed E-state index contributed by atoms with van der Waals surface area (Å²) in [5, 5.41) is 0. The van der Waals surface area contributed by atoms with E-state index >= 15 is 0 Å². The van der Waals surface area contributed by atoms with Gasteiger partial charge in [-0.25, -0.2) is 0 Å². The molecule has 25 heavy (non-hydrogen) atoms. The Labute approximate surface area is 144 Å². The standard InChI is InChI=1S/C19H17NO5/c1-2-23-12-7-8-15-14(9-12)18(21)19(22)20(15)10-13-11-24-16-5-3-4-6-17(16)25-13/h3-9,13H,2,10-11H2,1H3/t13-/m0/s1. The normalized spacial score (nSPS) is 18.3. The van der Waals surface area contributed by atoms with Crippen molar-refractivity contribution in [3.8, 4) is 17.2 Å². The second-order valence-corrected chi connectivity index (χ2v) is 5.85. The Kier molecular flexibility index (Phi) is 3.80. The van der Waals surface area contributed by atoms with Crippen LogP contribution in [0.5, 0.6) is 17.2 Å². The number of para-hydroxylation sites is 2. The van der Waals surface area contributed by atoms with Crippen LogP contribution in [-0.4, -0.2) is 37.6 Å². The Morgan fingerprint density at radius 2 is 1.96 bits per heavy atom. The second kappa shape index (κ2) is 6.12. The van der Waals surface area contributed by atoms with Gasteiger partial charge in [-0.1, -0.05) is 12.1 Å². The summed E-state index contributed by atoms with van der Waals surface area (Å²) in [4.78, 5) is 26.1. The van der Waals surface area contributed by atoms with Gasteiger partial charge in [0, 0.05) is 0 Å². The number of amides is 1. The van der Waals surface area contributed by atoms with Crippen LogP contribution in [0.3, 0.4) is 0 Å². The van der Waals surface area contributed by atoms with E-state index in [1.54, 1.807) is 18.2 Å². The van der Waals surface area contributed by atoms with Crippen LogP contribution in [0.1, 0.15) is 17.3 Å². The van der Waals surface area contributed by atoms with Gasteiger partial charge >= 0.3 is 0 Å². The van der Waals surface area contributed by atoms with Crippen molar-refractivity contribution < 1.29 is 23.8 Å². The fourth-order valence-corrected chi connectivity index (χ4v) is 3.07. The minimum atomic E-state index is -0.550. The number of hydrogen-bond donors (Lipinski definition) is 0. The van der Waals surface area contributed by atoms with Crippen molar-refractivity contribution in [3.05, 3.63) is 48.0 Å². The summed E-state index contributed by atoms with van der Waals surface area (Å²) in [5.74, 6) is 0.836. The molecule has 0 N–H and O–H groups in total. The molecule has 0 bridgehead atoms. The molecule has 0 saturated heterocycles. The van der Waals surface area contributed by atoms with Gasteiger partial charge in [0.05, 0.1) is 24.4 Å². The highest BCUT2D eigenvalue weighted by atomic mass is 16.6. The third-order valence-corrected chi connectivity index (χ3v) is 4.21. The molecule has 6 nitrogen and oxygen atoms in total. The van der Waals surface area contributed by atoms with Gasteiger partial charge in [-0.3, -0.25) is 9.59 Å². The summed E-state index contributed by atoms with van der Waals surface area (Å²) in [5.41, 5.74) is 0.953. The van der Waals surface area contributed by atoms with Crippen LogP contribution < -0.4 is 19.1 Å². The first-order valence-corrected chi connectivity index (χ1v) is 8.19. The summed E-state index contributed by atoms with van der Waals surface area (Å²) >= 11 is 0. The number of anilines is 1. The van der Waals surface area contributed by atoms with E-state index in [2.05, 4.69) is 0 Å². The van der Waals surface area contributed by atoms with Crippen molar-refractivity contribution in [2.24, 2.45) is 0 Å². The molecule has 2 aromatic rings. The monoisotopic (exact) mass is 339 g/mol. The van der Waals surface area contributed by atoms with Gasteiger partial charge in [-0.2, -0.15) is 0 Å². The highest BCUT2D eigenvalue weighted by Crippen LogP contribution is 2.35. The molecule has 0 unspecified atom stereocenters. The van der Waals surface area contributed by atoms with E-state index in [0.29, 0.717) is 41.7 Å².